The minimum Gasteiger partial charge on any atom is -0.321 e. The third-order valence-corrected chi connectivity index (χ3v) is 8.90. The zero-order chi connectivity index (χ0) is 26.8. The molecule has 0 spiro atoms. The van der Waals surface area contributed by atoms with E-state index in [-0.39, 0.29) is 12.1 Å². The number of carbonyl (C=O) groups excluding carboxylic acids is 1. The number of allylic oxidation sites excluding steroid dienone is 1. The summed E-state index contributed by atoms with van der Waals surface area (Å²) in [6.45, 7) is 10.1. The fourth-order valence-electron chi connectivity index (χ4n) is 6.28. The van der Waals surface area contributed by atoms with Gasteiger partial charge < -0.3 is 10.2 Å². The van der Waals surface area contributed by atoms with Crippen molar-refractivity contribution in [2.45, 2.75) is 45.1 Å². The smallest absolute Gasteiger partial charge is 0.321 e. The Morgan fingerprint density at radius 3 is 2.08 bits per heavy atom. The SMILES string of the molecule is CC1(C)[C@@H]2CC=C(CN3CCN(C4CN(C(=O)Nc5cc(C(F)(F)F)cc(C(F)(F)F)c5)C4)CC3)[C@@H]1C2. The Morgan fingerprint density at radius 1 is 0.973 bits per heavy atom. The molecule has 11 heteroatoms. The van der Waals surface area contributed by atoms with E-state index in [9.17, 15) is 31.1 Å². The summed E-state index contributed by atoms with van der Waals surface area (Å²) in [6.07, 6.45) is -5.02. The van der Waals surface area contributed by atoms with Crippen LogP contribution in [0.2, 0.25) is 0 Å². The van der Waals surface area contributed by atoms with Crippen molar-refractivity contribution in [1.29, 1.82) is 0 Å². The number of piperazine rings is 1. The molecular weight excluding hydrogens is 498 g/mol. The number of urea groups is 1. The van der Waals surface area contributed by atoms with Crippen LogP contribution >= 0.6 is 0 Å². The summed E-state index contributed by atoms with van der Waals surface area (Å²) in [5.74, 6) is 1.50. The van der Waals surface area contributed by atoms with Gasteiger partial charge in [0.1, 0.15) is 0 Å². The van der Waals surface area contributed by atoms with E-state index in [0.29, 0.717) is 36.6 Å². The van der Waals surface area contributed by atoms with E-state index in [1.54, 1.807) is 5.57 Å². The monoisotopic (exact) mass is 530 g/mol. The van der Waals surface area contributed by atoms with Crippen LogP contribution < -0.4 is 5.32 Å². The van der Waals surface area contributed by atoms with Crippen LogP contribution in [0.3, 0.4) is 0 Å². The minimum atomic E-state index is -4.96. The summed E-state index contributed by atoms with van der Waals surface area (Å²) < 4.78 is 78.5. The number of anilines is 1. The molecule has 3 aliphatic carbocycles. The zero-order valence-corrected chi connectivity index (χ0v) is 20.9. The molecule has 2 aliphatic heterocycles. The Hall–Kier alpha value is -2.27. The van der Waals surface area contributed by atoms with Gasteiger partial charge in [-0.3, -0.25) is 9.80 Å². The average Bonchev–Trinajstić information content (AvgIpc) is 2.78. The van der Waals surface area contributed by atoms with Crippen molar-refractivity contribution in [3.8, 4) is 0 Å². The Labute approximate surface area is 212 Å². The predicted molar refractivity (Wildman–Crippen MR) is 127 cm³/mol. The molecule has 0 radical (unpaired) electrons. The van der Waals surface area contributed by atoms with Gasteiger partial charge in [-0.1, -0.05) is 25.5 Å². The first-order valence-corrected chi connectivity index (χ1v) is 12.7. The lowest BCUT2D eigenvalue weighted by molar-refractivity contribution is -0.143. The maximum absolute atomic E-state index is 13.1. The Morgan fingerprint density at radius 2 is 1.57 bits per heavy atom. The lowest BCUT2D eigenvalue weighted by atomic mass is 9.49. The number of rotatable bonds is 4. The number of nitrogens with zero attached hydrogens (tertiary/aromatic N) is 3. The van der Waals surface area contributed by atoms with Crippen molar-refractivity contribution in [3.63, 3.8) is 0 Å². The lowest BCUT2D eigenvalue weighted by Gasteiger charge is -2.57. The van der Waals surface area contributed by atoms with Crippen molar-refractivity contribution in [1.82, 2.24) is 14.7 Å². The second-order valence-corrected chi connectivity index (χ2v) is 11.4. The van der Waals surface area contributed by atoms with Crippen molar-refractivity contribution < 1.29 is 31.1 Å². The molecule has 37 heavy (non-hydrogen) atoms. The number of hydrogen-bond acceptors (Lipinski definition) is 3. The van der Waals surface area contributed by atoms with Crippen molar-refractivity contribution in [2.75, 3.05) is 51.1 Å². The maximum Gasteiger partial charge on any atom is 0.416 e. The Balaban J connectivity index is 1.11. The average molecular weight is 531 g/mol. The molecule has 0 aromatic heterocycles. The second-order valence-electron chi connectivity index (χ2n) is 11.4. The number of carbonyl (C=O) groups is 1. The number of nitrogens with one attached hydrogen (secondary N) is 1. The highest BCUT2D eigenvalue weighted by molar-refractivity contribution is 5.90. The second kappa shape index (κ2) is 9.18. The quantitative estimate of drug-likeness (QED) is 0.410. The highest BCUT2D eigenvalue weighted by Gasteiger charge is 2.51. The number of halogens is 6. The van der Waals surface area contributed by atoms with Gasteiger partial charge in [0.05, 0.1) is 11.1 Å². The number of alkyl halides is 6. The first-order chi connectivity index (χ1) is 17.2. The van der Waals surface area contributed by atoms with Gasteiger partial charge >= 0.3 is 18.4 Å². The largest absolute Gasteiger partial charge is 0.416 e. The molecule has 3 fully saturated rings. The normalized spacial score (nSPS) is 26.8. The summed E-state index contributed by atoms with van der Waals surface area (Å²) in [6, 6.07) is 0.532. The molecule has 1 aromatic carbocycles. The van der Waals surface area contributed by atoms with Gasteiger partial charge in [-0.25, -0.2) is 4.79 Å². The van der Waals surface area contributed by atoms with E-state index in [4.69, 9.17) is 0 Å². The highest BCUT2D eigenvalue weighted by Crippen LogP contribution is 2.59. The molecule has 1 saturated carbocycles. The Kier molecular flexibility index (Phi) is 6.54. The van der Waals surface area contributed by atoms with E-state index in [1.807, 2.05) is 0 Å². The van der Waals surface area contributed by atoms with E-state index in [0.717, 1.165) is 38.6 Å². The summed E-state index contributed by atoms with van der Waals surface area (Å²) in [7, 11) is 0. The molecule has 2 atom stereocenters. The van der Waals surface area contributed by atoms with Gasteiger partial charge in [0.25, 0.3) is 0 Å². The topological polar surface area (TPSA) is 38.8 Å². The van der Waals surface area contributed by atoms with E-state index in [1.165, 1.54) is 17.7 Å². The minimum absolute atomic E-state index is 0.0452. The van der Waals surface area contributed by atoms with Crippen LogP contribution in [-0.4, -0.2) is 72.6 Å². The van der Waals surface area contributed by atoms with Crippen LogP contribution in [-0.2, 0) is 12.4 Å². The van der Waals surface area contributed by atoms with Crippen molar-refractivity contribution >= 4 is 11.7 Å². The lowest BCUT2D eigenvalue weighted by Crippen LogP contribution is -2.65. The molecule has 2 heterocycles. The van der Waals surface area contributed by atoms with E-state index < -0.39 is 35.2 Å². The van der Waals surface area contributed by atoms with Crippen molar-refractivity contribution in [3.05, 3.63) is 41.0 Å². The fourth-order valence-corrected chi connectivity index (χ4v) is 6.28. The maximum atomic E-state index is 13.1. The first-order valence-electron chi connectivity index (χ1n) is 12.7. The summed E-state index contributed by atoms with van der Waals surface area (Å²) in [4.78, 5) is 18.7. The van der Waals surface area contributed by atoms with Crippen molar-refractivity contribution in [2.24, 2.45) is 17.3 Å². The highest BCUT2D eigenvalue weighted by atomic mass is 19.4. The van der Waals surface area contributed by atoms with Gasteiger partial charge in [0.2, 0.25) is 0 Å². The van der Waals surface area contributed by atoms with E-state index in [2.05, 4.69) is 35.0 Å². The van der Waals surface area contributed by atoms with Gasteiger partial charge in [0.15, 0.2) is 0 Å². The van der Waals surface area contributed by atoms with Crippen LogP contribution in [0.25, 0.3) is 0 Å². The van der Waals surface area contributed by atoms with Crippen LogP contribution in [0.1, 0.15) is 37.8 Å². The molecule has 6 rings (SSSR count). The first kappa shape index (κ1) is 26.3. The standard InChI is InChI=1S/C26H32F6N4O/c1-24(2)17-4-3-16(22(24)12-17)13-34-5-7-35(8-6-34)21-14-36(15-21)23(37)33-20-10-18(25(27,28)29)9-19(11-20)26(30,31)32/h3,9-11,17,21-22H,4-8,12-15H2,1-2H3,(H,33,37)/t17-,22+/m1/s1. The van der Waals surface area contributed by atoms with Crippen LogP contribution in [0.15, 0.2) is 29.8 Å². The van der Waals surface area contributed by atoms with Crippen LogP contribution in [0, 0.1) is 17.3 Å². The number of likely N-dealkylation sites (tertiary alicyclic amines) is 1. The molecule has 5 nitrogen and oxygen atoms in total. The number of hydrogen-bond donors (Lipinski definition) is 1. The molecule has 2 amide bonds. The van der Waals surface area contributed by atoms with Crippen LogP contribution in [0.5, 0.6) is 0 Å². The van der Waals surface area contributed by atoms with Gasteiger partial charge in [-0.05, 0) is 48.3 Å². The molecule has 1 N–H and O–H groups in total. The Bertz CT molecular complexity index is 1040. The van der Waals surface area contributed by atoms with Gasteiger partial charge in [-0.2, -0.15) is 26.3 Å². The van der Waals surface area contributed by atoms with Gasteiger partial charge in [0, 0.05) is 57.5 Å². The summed E-state index contributed by atoms with van der Waals surface area (Å²) in [5, 5.41) is 2.21. The van der Waals surface area contributed by atoms with Gasteiger partial charge in [-0.15, -0.1) is 0 Å². The third-order valence-electron chi connectivity index (χ3n) is 8.90. The fraction of sp³-hybridized carbons (Fsp3) is 0.654. The number of fused-ring (bicyclic) bond motifs is 1. The third kappa shape index (κ3) is 5.21. The molecule has 2 saturated heterocycles. The van der Waals surface area contributed by atoms with E-state index >= 15 is 0 Å². The molecule has 5 aliphatic rings. The molecule has 1 aromatic rings. The summed E-state index contributed by atoms with van der Waals surface area (Å²) >= 11 is 0. The molecule has 2 bridgehead atoms. The number of amides is 2. The zero-order valence-electron chi connectivity index (χ0n) is 20.9. The summed E-state index contributed by atoms with van der Waals surface area (Å²) in [5.41, 5.74) is -1.47. The molecular formula is C26H32F6N4O. The number of benzene rings is 1. The molecule has 204 valence electrons. The predicted octanol–water partition coefficient (Wildman–Crippen LogP) is 5.55. The molecule has 0 unspecified atom stereocenters. The van der Waals surface area contributed by atoms with Crippen LogP contribution in [0.4, 0.5) is 36.8 Å².